The maximum Gasteiger partial charge on any atom is 0.315 e. The lowest BCUT2D eigenvalue weighted by atomic mass is 10.2. The van der Waals surface area contributed by atoms with E-state index in [1.54, 1.807) is 24.3 Å². The number of halogens is 1. The molecule has 73 valence electrons. The number of nitrogens with zero attached hydrogens (tertiary/aromatic N) is 2. The lowest BCUT2D eigenvalue weighted by Crippen LogP contribution is -2.24. The van der Waals surface area contributed by atoms with Gasteiger partial charge >= 0.3 is 5.84 Å². The van der Waals surface area contributed by atoms with Gasteiger partial charge in [0.25, 0.3) is 0 Å². The second kappa shape index (κ2) is 3.48. The first-order chi connectivity index (χ1) is 6.68. The first-order valence-corrected chi connectivity index (χ1v) is 4.58. The Bertz CT molecular complexity index is 392. The number of hydrogen-bond acceptors (Lipinski definition) is 2. The molecule has 4 nitrogen and oxygen atoms in total. The molecule has 1 aliphatic rings. The Balaban J connectivity index is 2.44. The quantitative estimate of drug-likeness (QED) is 0.519. The molecule has 0 saturated heterocycles. The zero-order valence-corrected chi connectivity index (χ0v) is 8.07. The molecule has 1 radical (unpaired) electrons. The van der Waals surface area contributed by atoms with E-state index in [1.165, 1.54) is 0 Å². The molecule has 1 aromatic rings. The maximum absolute atomic E-state index is 11.3. The lowest BCUT2D eigenvalue weighted by Gasteiger charge is -2.06. The summed E-state index contributed by atoms with van der Waals surface area (Å²) in [5, 5.41) is 23.8. The Morgan fingerprint density at radius 3 is 2.86 bits per heavy atom. The average molecular weight is 212 g/mol. The summed E-state index contributed by atoms with van der Waals surface area (Å²) in [5.74, 6) is 0.146. The Hall–Kier alpha value is -1.26. The Morgan fingerprint density at radius 1 is 1.50 bits per heavy atom. The Kier molecular flexibility index (Phi) is 2.31. The fraction of sp³-hybridized carbons (Fsp3) is 0.222. The van der Waals surface area contributed by atoms with Crippen molar-refractivity contribution >= 4 is 17.4 Å². The molecule has 0 amide bonds. The molecule has 0 aromatic heterocycles. The molecule has 0 aliphatic carbocycles. The van der Waals surface area contributed by atoms with Crippen LogP contribution in [-0.2, 0) is 5.21 Å². The van der Waals surface area contributed by atoms with Crippen LogP contribution in [-0.4, -0.2) is 28.7 Å². The van der Waals surface area contributed by atoms with Gasteiger partial charge < -0.3 is 5.21 Å². The van der Waals surface area contributed by atoms with Crippen molar-refractivity contribution in [1.29, 1.82) is 0 Å². The van der Waals surface area contributed by atoms with E-state index in [-0.39, 0.29) is 18.9 Å². The van der Waals surface area contributed by atoms with Crippen LogP contribution in [0, 0.1) is 5.21 Å². The van der Waals surface area contributed by atoms with Crippen molar-refractivity contribution < 1.29 is 9.95 Å². The monoisotopic (exact) mass is 211 g/mol. The van der Waals surface area contributed by atoms with E-state index in [0.717, 1.165) is 0 Å². The van der Waals surface area contributed by atoms with E-state index in [9.17, 15) is 10.4 Å². The van der Waals surface area contributed by atoms with Crippen molar-refractivity contribution in [2.24, 2.45) is 0 Å². The Morgan fingerprint density at radius 2 is 2.29 bits per heavy atom. The summed E-state index contributed by atoms with van der Waals surface area (Å²) < 4.78 is 0.693. The summed E-state index contributed by atoms with van der Waals surface area (Å²) >= 11 is 5.76. The molecule has 1 heterocycles. The van der Waals surface area contributed by atoms with Crippen LogP contribution in [0.5, 0.6) is 0 Å². The van der Waals surface area contributed by atoms with Gasteiger partial charge in [0.2, 0.25) is 0 Å². The lowest BCUT2D eigenvalue weighted by molar-refractivity contribution is -0.445. The molecule has 2 rings (SSSR count). The second-order valence-corrected chi connectivity index (χ2v) is 3.47. The SMILES string of the molecule is [O]N1CC[N+]([O-])=C1c1cccc(Cl)c1. The van der Waals surface area contributed by atoms with E-state index >= 15 is 0 Å². The van der Waals surface area contributed by atoms with Crippen molar-refractivity contribution in [2.75, 3.05) is 13.1 Å². The first-order valence-electron chi connectivity index (χ1n) is 4.21. The number of rotatable bonds is 1. The largest absolute Gasteiger partial charge is 0.715 e. The third-order valence-corrected chi connectivity index (χ3v) is 2.30. The van der Waals surface area contributed by atoms with Gasteiger partial charge in [-0.05, 0) is 18.2 Å². The van der Waals surface area contributed by atoms with Gasteiger partial charge in [0.1, 0.15) is 6.54 Å². The Labute approximate surface area is 86.2 Å². The van der Waals surface area contributed by atoms with Crippen LogP contribution in [0.4, 0.5) is 0 Å². The van der Waals surface area contributed by atoms with E-state index in [4.69, 9.17) is 11.6 Å². The summed E-state index contributed by atoms with van der Waals surface area (Å²) in [5.41, 5.74) is 0.569. The van der Waals surface area contributed by atoms with Crippen LogP contribution in [0.25, 0.3) is 0 Å². The van der Waals surface area contributed by atoms with E-state index in [2.05, 4.69) is 0 Å². The van der Waals surface area contributed by atoms with E-state index < -0.39 is 0 Å². The molecular formula is C9H8ClN2O2. The summed E-state index contributed by atoms with van der Waals surface area (Å²) in [7, 11) is 0. The fourth-order valence-corrected chi connectivity index (χ4v) is 1.62. The van der Waals surface area contributed by atoms with Crippen molar-refractivity contribution in [1.82, 2.24) is 5.06 Å². The average Bonchev–Trinajstić information content (AvgIpc) is 2.46. The standard InChI is InChI=1S/C9H8ClN2O2/c10-8-3-1-2-7(6-8)9-11(13)4-5-12(9)14/h1-3,6H,4-5H2. The van der Waals surface area contributed by atoms with Gasteiger partial charge in [-0.15, -0.1) is 0 Å². The van der Waals surface area contributed by atoms with Crippen LogP contribution in [0.1, 0.15) is 5.56 Å². The van der Waals surface area contributed by atoms with Crippen molar-refractivity contribution in [3.63, 3.8) is 0 Å². The zero-order chi connectivity index (χ0) is 10.1. The van der Waals surface area contributed by atoms with Crippen LogP contribution >= 0.6 is 11.6 Å². The van der Waals surface area contributed by atoms with Crippen molar-refractivity contribution in [2.45, 2.75) is 0 Å². The zero-order valence-electron chi connectivity index (χ0n) is 7.31. The number of benzene rings is 1. The highest BCUT2D eigenvalue weighted by molar-refractivity contribution is 6.30. The number of amidine groups is 1. The van der Waals surface area contributed by atoms with Gasteiger partial charge in [-0.25, -0.2) is 0 Å². The molecule has 0 saturated carbocycles. The molecule has 0 fully saturated rings. The molecule has 5 heteroatoms. The highest BCUT2D eigenvalue weighted by atomic mass is 35.5. The van der Waals surface area contributed by atoms with Gasteiger partial charge in [-0.2, -0.15) is 0 Å². The van der Waals surface area contributed by atoms with Crippen LogP contribution in [0.2, 0.25) is 5.02 Å². The van der Waals surface area contributed by atoms with Gasteiger partial charge in [0.15, 0.2) is 6.54 Å². The van der Waals surface area contributed by atoms with Gasteiger partial charge in [-0.3, -0.25) is 4.74 Å². The molecule has 0 bridgehead atoms. The highest BCUT2D eigenvalue weighted by Crippen LogP contribution is 2.14. The third kappa shape index (κ3) is 1.54. The van der Waals surface area contributed by atoms with E-state index in [1.807, 2.05) is 0 Å². The molecule has 0 spiro atoms. The third-order valence-electron chi connectivity index (χ3n) is 2.06. The normalized spacial score (nSPS) is 16.6. The molecule has 1 aliphatic heterocycles. The number of hydrogen-bond donors (Lipinski definition) is 0. The molecule has 0 unspecified atom stereocenters. The molecule has 1 aromatic carbocycles. The second-order valence-electron chi connectivity index (χ2n) is 3.04. The predicted molar refractivity (Wildman–Crippen MR) is 51.4 cm³/mol. The summed E-state index contributed by atoms with van der Waals surface area (Å²) in [6.45, 7) is 0.427. The minimum atomic E-state index is 0.146. The molecular weight excluding hydrogens is 204 g/mol. The fourth-order valence-electron chi connectivity index (χ4n) is 1.43. The van der Waals surface area contributed by atoms with Gasteiger partial charge in [-0.1, -0.05) is 22.7 Å². The summed E-state index contributed by atoms with van der Waals surface area (Å²) in [4.78, 5) is 0. The smallest absolute Gasteiger partial charge is 0.315 e. The van der Waals surface area contributed by atoms with Crippen LogP contribution in [0.3, 0.4) is 0 Å². The minimum Gasteiger partial charge on any atom is -0.715 e. The van der Waals surface area contributed by atoms with Crippen LogP contribution in [0.15, 0.2) is 24.3 Å². The predicted octanol–water partition coefficient (Wildman–Crippen LogP) is 1.26. The van der Waals surface area contributed by atoms with Gasteiger partial charge in [0, 0.05) is 10.2 Å². The molecule has 0 N–H and O–H groups in total. The minimum absolute atomic E-state index is 0.146. The van der Waals surface area contributed by atoms with Crippen LogP contribution < -0.4 is 0 Å². The summed E-state index contributed by atoms with van der Waals surface area (Å²) in [6, 6.07) is 6.72. The van der Waals surface area contributed by atoms with Gasteiger partial charge in [0.05, 0.1) is 5.56 Å². The topological polar surface area (TPSA) is 49.2 Å². The first kappa shape index (κ1) is 9.30. The maximum atomic E-state index is 11.3. The highest BCUT2D eigenvalue weighted by Gasteiger charge is 2.29. The van der Waals surface area contributed by atoms with Crippen molar-refractivity contribution in [3.05, 3.63) is 40.1 Å². The summed E-state index contributed by atoms with van der Waals surface area (Å²) in [6.07, 6.45) is 0. The molecule has 14 heavy (non-hydrogen) atoms. The number of hydroxylamine groups is 3. The molecule has 0 atom stereocenters. The van der Waals surface area contributed by atoms with Crippen molar-refractivity contribution in [3.8, 4) is 0 Å². The van der Waals surface area contributed by atoms with E-state index in [0.29, 0.717) is 20.4 Å².